The molecule has 176 valence electrons. The topological polar surface area (TPSA) is 96.2 Å². The highest BCUT2D eigenvalue weighted by Gasteiger charge is 2.34. The summed E-state index contributed by atoms with van der Waals surface area (Å²) in [6.07, 6.45) is 0. The lowest BCUT2D eigenvalue weighted by atomic mass is 10.2. The number of piperazine rings is 1. The molecule has 3 rings (SSSR count). The van der Waals surface area contributed by atoms with Gasteiger partial charge in [0.05, 0.1) is 6.54 Å². The quantitative estimate of drug-likeness (QED) is 0.579. The Balaban J connectivity index is 1.53. The van der Waals surface area contributed by atoms with E-state index < -0.39 is 16.6 Å². The van der Waals surface area contributed by atoms with Crippen LogP contribution in [0.15, 0.2) is 33.7 Å². The summed E-state index contributed by atoms with van der Waals surface area (Å²) < 4.78 is 61.3. The maximum Gasteiger partial charge on any atom is 0.387 e. The first kappa shape index (κ1) is 24.1. The largest absolute Gasteiger partial charge is 0.435 e. The van der Waals surface area contributed by atoms with Crippen LogP contribution in [0.25, 0.3) is 0 Å². The first-order valence-electron chi connectivity index (χ1n) is 10.0. The van der Waals surface area contributed by atoms with E-state index in [0.29, 0.717) is 12.2 Å². The average Bonchev–Trinajstić information content (AvgIpc) is 3.06. The van der Waals surface area contributed by atoms with Gasteiger partial charge in [-0.2, -0.15) is 13.1 Å². The fourth-order valence-corrected chi connectivity index (χ4v) is 5.38. The van der Waals surface area contributed by atoms with Crippen LogP contribution in [0.2, 0.25) is 0 Å². The molecule has 1 aromatic heterocycles. The van der Waals surface area contributed by atoms with E-state index >= 15 is 0 Å². The first-order valence-corrected chi connectivity index (χ1v) is 11.4. The monoisotopic (exact) mass is 472 g/mol. The molecule has 0 unspecified atom stereocenters. The van der Waals surface area contributed by atoms with Crippen LogP contribution < -0.4 is 4.74 Å². The molecule has 0 aliphatic carbocycles. The molecule has 0 radical (unpaired) electrons. The highest BCUT2D eigenvalue weighted by molar-refractivity contribution is 7.89. The minimum absolute atomic E-state index is 0.0628. The van der Waals surface area contributed by atoms with Crippen molar-refractivity contribution in [2.75, 3.05) is 39.8 Å². The van der Waals surface area contributed by atoms with Gasteiger partial charge in [0.15, 0.2) is 5.76 Å². The van der Waals surface area contributed by atoms with Crippen molar-refractivity contribution in [1.82, 2.24) is 19.3 Å². The van der Waals surface area contributed by atoms with E-state index in [9.17, 15) is 22.0 Å². The van der Waals surface area contributed by atoms with Crippen molar-refractivity contribution in [3.63, 3.8) is 0 Å². The van der Waals surface area contributed by atoms with Crippen LogP contribution in [-0.4, -0.2) is 80.0 Å². The van der Waals surface area contributed by atoms with Crippen LogP contribution in [0.1, 0.15) is 17.0 Å². The first-order chi connectivity index (χ1) is 15.1. The number of benzene rings is 1. The summed E-state index contributed by atoms with van der Waals surface area (Å²) in [6, 6.07) is 6.32. The van der Waals surface area contributed by atoms with Crippen molar-refractivity contribution >= 4 is 15.9 Å². The lowest BCUT2D eigenvalue weighted by molar-refractivity contribution is -0.133. The molecule has 1 amide bonds. The number of alkyl halides is 2. The van der Waals surface area contributed by atoms with Crippen molar-refractivity contribution in [1.29, 1.82) is 0 Å². The maximum absolute atomic E-state index is 12.9. The molecular weight excluding hydrogens is 446 g/mol. The highest BCUT2D eigenvalue weighted by Crippen LogP contribution is 2.24. The van der Waals surface area contributed by atoms with Crippen molar-refractivity contribution < 1.29 is 31.3 Å². The van der Waals surface area contributed by atoms with Gasteiger partial charge in [0.25, 0.3) is 0 Å². The Labute approximate surface area is 185 Å². The molecule has 0 bridgehead atoms. The van der Waals surface area contributed by atoms with E-state index in [1.165, 1.54) is 16.4 Å². The number of aryl methyl sites for hydroxylation is 2. The van der Waals surface area contributed by atoms with Crippen molar-refractivity contribution in [2.45, 2.75) is 31.9 Å². The molecule has 1 aliphatic rings. The predicted molar refractivity (Wildman–Crippen MR) is 111 cm³/mol. The zero-order valence-electron chi connectivity index (χ0n) is 18.1. The summed E-state index contributed by atoms with van der Waals surface area (Å²) in [6.45, 7) is 1.60. The van der Waals surface area contributed by atoms with Gasteiger partial charge in [0.1, 0.15) is 16.3 Å². The third kappa shape index (κ3) is 5.61. The lowest BCUT2D eigenvalue weighted by Crippen LogP contribution is -2.52. The normalized spacial score (nSPS) is 15.5. The number of nitrogens with zero attached hydrogens (tertiary/aromatic N) is 4. The number of amides is 1. The van der Waals surface area contributed by atoms with Gasteiger partial charge >= 0.3 is 6.61 Å². The second kappa shape index (κ2) is 9.92. The van der Waals surface area contributed by atoms with Crippen LogP contribution in [0.4, 0.5) is 8.78 Å². The van der Waals surface area contributed by atoms with Gasteiger partial charge in [0.2, 0.25) is 15.9 Å². The third-order valence-electron chi connectivity index (χ3n) is 5.14. The minimum Gasteiger partial charge on any atom is -0.435 e. The van der Waals surface area contributed by atoms with E-state index in [2.05, 4.69) is 9.89 Å². The molecule has 12 heteroatoms. The fraction of sp³-hybridized carbons (Fsp3) is 0.500. The Hall–Kier alpha value is -2.57. The minimum atomic E-state index is -3.74. The Bertz CT molecular complexity index is 1030. The molecule has 2 heterocycles. The summed E-state index contributed by atoms with van der Waals surface area (Å²) in [5.74, 6) is 0.167. The Morgan fingerprint density at radius 2 is 1.94 bits per heavy atom. The lowest BCUT2D eigenvalue weighted by Gasteiger charge is -2.34. The molecule has 2 aromatic rings. The number of sulfonamides is 1. The summed E-state index contributed by atoms with van der Waals surface area (Å²) in [5, 5.41) is 3.71. The SMILES string of the molecule is Cc1noc(C)c1S(=O)(=O)N1CCN(C(=O)CN(C)Cc2cccc(OC(F)F)c2)CC1. The van der Waals surface area contributed by atoms with Crippen molar-refractivity contribution in [2.24, 2.45) is 0 Å². The Morgan fingerprint density at radius 3 is 2.53 bits per heavy atom. The predicted octanol–water partition coefficient (Wildman–Crippen LogP) is 1.86. The zero-order chi connectivity index (χ0) is 23.5. The fourth-order valence-electron chi connectivity index (χ4n) is 3.67. The molecule has 1 aliphatic heterocycles. The molecule has 32 heavy (non-hydrogen) atoms. The summed E-state index contributed by atoms with van der Waals surface area (Å²) in [4.78, 5) is 16.1. The number of hydrogen-bond donors (Lipinski definition) is 0. The number of carbonyl (C=O) groups excluding carboxylic acids is 1. The molecular formula is C20H26F2N4O5S. The summed E-state index contributed by atoms with van der Waals surface area (Å²) in [5.41, 5.74) is 1.04. The van der Waals surface area contributed by atoms with Crippen molar-refractivity contribution in [3.05, 3.63) is 41.3 Å². The number of halogens is 2. The van der Waals surface area contributed by atoms with Gasteiger partial charge in [-0.1, -0.05) is 17.3 Å². The number of hydrogen-bond acceptors (Lipinski definition) is 7. The molecule has 0 N–H and O–H groups in total. The van der Waals surface area contributed by atoms with E-state index in [-0.39, 0.29) is 55.0 Å². The smallest absolute Gasteiger partial charge is 0.387 e. The molecule has 0 saturated carbocycles. The van der Waals surface area contributed by atoms with Gasteiger partial charge in [-0.25, -0.2) is 8.42 Å². The Morgan fingerprint density at radius 1 is 1.25 bits per heavy atom. The molecule has 1 saturated heterocycles. The number of ether oxygens (including phenoxy) is 1. The molecule has 0 atom stereocenters. The van der Waals surface area contributed by atoms with Gasteiger partial charge < -0.3 is 14.2 Å². The zero-order valence-corrected chi connectivity index (χ0v) is 18.9. The van der Waals surface area contributed by atoms with Crippen LogP contribution in [0, 0.1) is 13.8 Å². The van der Waals surface area contributed by atoms with Crippen LogP contribution in [0.5, 0.6) is 5.75 Å². The van der Waals surface area contributed by atoms with Crippen LogP contribution in [0.3, 0.4) is 0 Å². The second-order valence-corrected chi connectivity index (χ2v) is 9.51. The van der Waals surface area contributed by atoms with Crippen LogP contribution in [-0.2, 0) is 21.4 Å². The van der Waals surface area contributed by atoms with E-state index in [0.717, 1.165) is 5.56 Å². The van der Waals surface area contributed by atoms with Gasteiger partial charge in [-0.3, -0.25) is 9.69 Å². The van der Waals surface area contributed by atoms with Crippen molar-refractivity contribution in [3.8, 4) is 5.75 Å². The van der Waals surface area contributed by atoms with Gasteiger partial charge in [-0.15, -0.1) is 0 Å². The number of likely N-dealkylation sites (N-methyl/N-ethyl adjacent to an activating group) is 1. The average molecular weight is 473 g/mol. The van der Waals surface area contributed by atoms with Gasteiger partial charge in [0, 0.05) is 32.7 Å². The molecule has 1 aromatic carbocycles. The third-order valence-corrected chi connectivity index (χ3v) is 7.28. The van der Waals surface area contributed by atoms with E-state index in [4.69, 9.17) is 4.52 Å². The Kier molecular flexibility index (Phi) is 7.47. The molecule has 0 spiro atoms. The van der Waals surface area contributed by atoms with Gasteiger partial charge in [-0.05, 0) is 38.6 Å². The number of carbonyl (C=O) groups is 1. The summed E-state index contributed by atoms with van der Waals surface area (Å²) >= 11 is 0. The summed E-state index contributed by atoms with van der Waals surface area (Å²) in [7, 11) is -2.00. The van der Waals surface area contributed by atoms with E-state index in [1.54, 1.807) is 42.8 Å². The molecule has 1 fully saturated rings. The number of aromatic nitrogens is 1. The van der Waals surface area contributed by atoms with E-state index in [1.807, 2.05) is 0 Å². The van der Waals surface area contributed by atoms with Crippen LogP contribution >= 0.6 is 0 Å². The maximum atomic E-state index is 12.9. The second-order valence-electron chi connectivity index (χ2n) is 7.64. The number of rotatable bonds is 8. The standard InChI is InChI=1S/C20H26F2N4O5S/c1-14-19(15(2)31-23-14)32(28,29)26-9-7-25(8-10-26)18(27)13-24(3)12-16-5-4-6-17(11-16)30-20(21)22/h4-6,11,20H,7-10,12-13H2,1-3H3. The highest BCUT2D eigenvalue weighted by atomic mass is 32.2. The molecule has 9 nitrogen and oxygen atoms in total.